The quantitative estimate of drug-likeness (QED) is 0.310. The summed E-state index contributed by atoms with van der Waals surface area (Å²) in [4.78, 5) is 12.9. The molecule has 1 amide bonds. The van der Waals surface area contributed by atoms with Crippen LogP contribution in [-0.2, 0) is 14.6 Å². The van der Waals surface area contributed by atoms with Gasteiger partial charge in [0.25, 0.3) is 11.1 Å². The molecule has 3 aliphatic carbocycles. The second kappa shape index (κ2) is 9.92. The molecule has 3 saturated carbocycles. The Morgan fingerprint density at radius 3 is 2.56 bits per heavy atom. The van der Waals surface area contributed by atoms with E-state index in [0.29, 0.717) is 17.5 Å². The SMILES string of the molecule is CSc1nnc(C23CCC(NC(=O)COc4ccc(Cl)c(F)c4)(CC2)CC3O[Si](C)(C)C(C)(C)C)o1. The van der Waals surface area contributed by atoms with Gasteiger partial charge < -0.3 is 18.9 Å². The molecule has 2 bridgehead atoms. The number of ether oxygens (including phenoxy) is 1. The molecule has 11 heteroatoms. The monoisotopic (exact) mass is 555 g/mol. The zero-order valence-corrected chi connectivity index (χ0v) is 24.3. The van der Waals surface area contributed by atoms with Crippen LogP contribution in [0.5, 0.6) is 5.75 Å². The normalized spacial score (nSPS) is 26.2. The van der Waals surface area contributed by atoms with Crippen molar-refractivity contribution in [3.63, 3.8) is 0 Å². The Labute approximate surface area is 222 Å². The van der Waals surface area contributed by atoms with Gasteiger partial charge in [0.2, 0.25) is 5.89 Å². The van der Waals surface area contributed by atoms with Gasteiger partial charge in [0.05, 0.1) is 16.5 Å². The van der Waals surface area contributed by atoms with Crippen LogP contribution in [0.3, 0.4) is 0 Å². The maximum atomic E-state index is 13.7. The Hall–Kier alpha value is -1.62. The predicted molar refractivity (Wildman–Crippen MR) is 141 cm³/mol. The van der Waals surface area contributed by atoms with Crippen LogP contribution in [0.1, 0.15) is 58.8 Å². The van der Waals surface area contributed by atoms with E-state index >= 15 is 0 Å². The molecule has 198 valence electrons. The van der Waals surface area contributed by atoms with Gasteiger partial charge in [0, 0.05) is 11.6 Å². The van der Waals surface area contributed by atoms with E-state index in [2.05, 4.69) is 49.4 Å². The van der Waals surface area contributed by atoms with Crippen LogP contribution < -0.4 is 10.1 Å². The molecule has 5 rings (SSSR count). The van der Waals surface area contributed by atoms with Gasteiger partial charge in [-0.15, -0.1) is 10.2 Å². The van der Waals surface area contributed by atoms with Gasteiger partial charge in [-0.05, 0) is 68.6 Å². The van der Waals surface area contributed by atoms with E-state index in [4.69, 9.17) is 25.2 Å². The number of hydrogen-bond acceptors (Lipinski definition) is 7. The van der Waals surface area contributed by atoms with Crippen molar-refractivity contribution in [2.24, 2.45) is 0 Å². The molecular formula is C25H35ClFN3O4SSi. The van der Waals surface area contributed by atoms with Crippen molar-refractivity contribution in [1.29, 1.82) is 0 Å². The number of nitrogens with zero attached hydrogens (tertiary/aromatic N) is 2. The summed E-state index contributed by atoms with van der Waals surface area (Å²) in [7, 11) is -2.13. The van der Waals surface area contributed by atoms with E-state index in [0.717, 1.165) is 25.7 Å². The first kappa shape index (κ1) is 27.4. The standard InChI is InChI=1S/C25H35ClFN3O4SSi/c1-23(2,3)36(5,6)34-19-14-24(28-20(31)15-32-16-7-8-17(26)18(27)13-16)9-11-25(19,12-10-24)21-29-30-22(33-21)35-4/h7-8,13,19H,9-12,14-15H2,1-6H3,(H,28,31). The van der Waals surface area contributed by atoms with E-state index in [9.17, 15) is 9.18 Å². The highest BCUT2D eigenvalue weighted by Gasteiger charge is 2.60. The molecule has 1 aromatic heterocycles. The molecular weight excluding hydrogens is 521 g/mol. The molecule has 3 aliphatic rings. The number of aromatic nitrogens is 2. The number of halogens is 2. The Morgan fingerprint density at radius 1 is 1.28 bits per heavy atom. The highest BCUT2D eigenvalue weighted by Crippen LogP contribution is 2.56. The van der Waals surface area contributed by atoms with Crippen molar-refractivity contribution >= 4 is 37.6 Å². The molecule has 0 saturated heterocycles. The summed E-state index contributed by atoms with van der Waals surface area (Å²) in [6.45, 7) is 10.9. The number of carbonyl (C=O) groups is 1. The van der Waals surface area contributed by atoms with Crippen molar-refractivity contribution in [1.82, 2.24) is 15.5 Å². The van der Waals surface area contributed by atoms with E-state index in [1.54, 1.807) is 6.07 Å². The number of rotatable bonds is 8. The molecule has 3 fully saturated rings. The van der Waals surface area contributed by atoms with Gasteiger partial charge >= 0.3 is 0 Å². The lowest BCUT2D eigenvalue weighted by molar-refractivity contribution is -0.129. The van der Waals surface area contributed by atoms with Crippen LogP contribution in [-0.4, -0.2) is 48.9 Å². The summed E-state index contributed by atoms with van der Waals surface area (Å²) >= 11 is 7.16. The van der Waals surface area contributed by atoms with Gasteiger partial charge in [0.1, 0.15) is 11.6 Å². The third-order valence-electron chi connectivity index (χ3n) is 8.21. The van der Waals surface area contributed by atoms with E-state index in [1.807, 2.05) is 6.26 Å². The lowest BCUT2D eigenvalue weighted by Gasteiger charge is -2.58. The van der Waals surface area contributed by atoms with Crippen LogP contribution in [0.15, 0.2) is 27.8 Å². The van der Waals surface area contributed by atoms with Crippen molar-refractivity contribution < 1.29 is 22.8 Å². The average molecular weight is 556 g/mol. The summed E-state index contributed by atoms with van der Waals surface area (Å²) in [6, 6.07) is 4.14. The summed E-state index contributed by atoms with van der Waals surface area (Å²) in [5.41, 5.74) is -0.761. The molecule has 1 atom stereocenters. The number of amides is 1. The molecule has 1 aromatic carbocycles. The largest absolute Gasteiger partial charge is 0.484 e. The highest BCUT2D eigenvalue weighted by atomic mass is 35.5. The average Bonchev–Trinajstić information content (AvgIpc) is 3.29. The smallest absolute Gasteiger partial charge is 0.276 e. The minimum atomic E-state index is -2.13. The number of benzene rings is 1. The van der Waals surface area contributed by atoms with Crippen LogP contribution in [0, 0.1) is 5.82 Å². The highest BCUT2D eigenvalue weighted by molar-refractivity contribution is 7.98. The van der Waals surface area contributed by atoms with Gasteiger partial charge in [-0.1, -0.05) is 44.1 Å². The van der Waals surface area contributed by atoms with Crippen molar-refractivity contribution in [2.75, 3.05) is 12.9 Å². The first-order chi connectivity index (χ1) is 16.8. The molecule has 1 heterocycles. The predicted octanol–water partition coefficient (Wildman–Crippen LogP) is 6.12. The zero-order valence-electron chi connectivity index (χ0n) is 21.7. The Balaban J connectivity index is 1.52. The molecule has 0 spiro atoms. The zero-order chi connectivity index (χ0) is 26.4. The second-order valence-corrected chi connectivity index (χ2v) is 17.4. The molecule has 7 nitrogen and oxygen atoms in total. The van der Waals surface area contributed by atoms with Crippen LogP contribution in [0.4, 0.5) is 4.39 Å². The van der Waals surface area contributed by atoms with Crippen LogP contribution in [0.2, 0.25) is 23.2 Å². The summed E-state index contributed by atoms with van der Waals surface area (Å²) in [6.07, 6.45) is 5.56. The Bertz CT molecular complexity index is 1110. The lowest BCUT2D eigenvalue weighted by Crippen LogP contribution is -2.66. The lowest BCUT2D eigenvalue weighted by atomic mass is 9.55. The molecule has 1 N–H and O–H groups in total. The molecule has 0 radical (unpaired) electrons. The van der Waals surface area contributed by atoms with Gasteiger partial charge in [0.15, 0.2) is 14.9 Å². The number of thioether (sulfide) groups is 1. The fraction of sp³-hybridized carbons (Fsp3) is 0.640. The maximum Gasteiger partial charge on any atom is 0.276 e. The van der Waals surface area contributed by atoms with Gasteiger partial charge in [-0.2, -0.15) is 0 Å². The first-order valence-corrected chi connectivity index (χ1v) is 16.7. The van der Waals surface area contributed by atoms with E-state index in [-0.39, 0.29) is 39.8 Å². The fourth-order valence-corrected chi connectivity index (χ4v) is 6.78. The van der Waals surface area contributed by atoms with Gasteiger partial charge in [-0.25, -0.2) is 4.39 Å². The molecule has 36 heavy (non-hydrogen) atoms. The second-order valence-electron chi connectivity index (χ2n) is 11.5. The summed E-state index contributed by atoms with van der Waals surface area (Å²) in [5.74, 6) is 0.0768. The van der Waals surface area contributed by atoms with E-state index < -0.39 is 19.7 Å². The first-order valence-electron chi connectivity index (χ1n) is 12.2. The van der Waals surface area contributed by atoms with Crippen LogP contribution in [0.25, 0.3) is 0 Å². The Kier molecular flexibility index (Phi) is 7.56. The summed E-state index contributed by atoms with van der Waals surface area (Å²) in [5, 5.41) is 12.5. The third-order valence-corrected chi connectivity index (χ3v) is 13.5. The number of hydrogen-bond donors (Lipinski definition) is 1. The minimum Gasteiger partial charge on any atom is -0.484 e. The third kappa shape index (κ3) is 5.32. The summed E-state index contributed by atoms with van der Waals surface area (Å²) < 4.78 is 32.3. The maximum absolute atomic E-state index is 13.7. The van der Waals surface area contributed by atoms with Gasteiger partial charge in [-0.3, -0.25) is 4.79 Å². The molecule has 1 unspecified atom stereocenters. The minimum absolute atomic E-state index is 0.0113. The Morgan fingerprint density at radius 2 is 1.97 bits per heavy atom. The molecule has 0 aliphatic heterocycles. The number of nitrogens with one attached hydrogen (secondary N) is 1. The van der Waals surface area contributed by atoms with Crippen molar-refractivity contribution in [2.45, 2.75) is 93.3 Å². The van der Waals surface area contributed by atoms with Crippen LogP contribution >= 0.6 is 23.4 Å². The van der Waals surface area contributed by atoms with Crippen molar-refractivity contribution in [3.8, 4) is 5.75 Å². The number of carbonyl (C=O) groups excluding carboxylic acids is 1. The van der Waals surface area contributed by atoms with E-state index in [1.165, 1.54) is 23.9 Å². The fourth-order valence-electron chi connectivity index (χ4n) is 5.01. The topological polar surface area (TPSA) is 86.5 Å². The number of fused-ring (bicyclic) bond motifs is 3. The van der Waals surface area contributed by atoms with Crippen molar-refractivity contribution in [3.05, 3.63) is 34.9 Å². The molecule has 2 aromatic rings.